The van der Waals surface area contributed by atoms with Crippen molar-refractivity contribution in [3.63, 3.8) is 0 Å². The number of allylic oxidation sites excluding steroid dienone is 2. The maximum atomic E-state index is 6.33. The van der Waals surface area contributed by atoms with Crippen LogP contribution < -0.4 is 4.74 Å². The molecule has 5 aromatic carbocycles. The second-order valence-corrected chi connectivity index (χ2v) is 11.5. The van der Waals surface area contributed by atoms with Crippen molar-refractivity contribution in [3.8, 4) is 11.4 Å². The second kappa shape index (κ2) is 7.95. The maximum absolute atomic E-state index is 6.33. The molecule has 0 bridgehead atoms. The van der Waals surface area contributed by atoms with Crippen molar-refractivity contribution < 1.29 is 4.74 Å². The van der Waals surface area contributed by atoms with Gasteiger partial charge in [-0.3, -0.25) is 0 Å². The highest BCUT2D eigenvalue weighted by Crippen LogP contribution is 2.45. The number of aromatic nitrogens is 1. The van der Waals surface area contributed by atoms with Crippen molar-refractivity contribution >= 4 is 58.9 Å². The van der Waals surface area contributed by atoms with Gasteiger partial charge in [-0.25, -0.2) is 0 Å². The van der Waals surface area contributed by atoms with Crippen molar-refractivity contribution in [2.75, 3.05) is 0 Å². The molecule has 9 rings (SSSR count). The Labute approximate surface area is 229 Å². The Morgan fingerprint density at radius 2 is 1.44 bits per heavy atom. The minimum absolute atomic E-state index is 0.0467. The van der Waals surface area contributed by atoms with E-state index in [1.54, 1.807) is 0 Å². The van der Waals surface area contributed by atoms with Gasteiger partial charge >= 0.3 is 0 Å². The number of thiophene rings is 1. The van der Waals surface area contributed by atoms with Crippen LogP contribution in [0.15, 0.2) is 127 Å². The Balaban J connectivity index is 1.25. The number of ether oxygens (including phenoxy) is 1. The molecule has 0 amide bonds. The van der Waals surface area contributed by atoms with E-state index in [1.807, 2.05) is 11.3 Å². The van der Waals surface area contributed by atoms with Crippen LogP contribution >= 0.6 is 11.3 Å². The lowest BCUT2D eigenvalue weighted by Crippen LogP contribution is -2.17. The van der Waals surface area contributed by atoms with E-state index in [2.05, 4.69) is 132 Å². The summed E-state index contributed by atoms with van der Waals surface area (Å²) in [5, 5.41) is 5.19. The van der Waals surface area contributed by atoms with Gasteiger partial charge in [-0.15, -0.1) is 11.3 Å². The third kappa shape index (κ3) is 3.02. The van der Waals surface area contributed by atoms with Crippen LogP contribution in [-0.2, 0) is 0 Å². The Hall–Kier alpha value is -4.60. The van der Waals surface area contributed by atoms with Gasteiger partial charge in [-0.2, -0.15) is 0 Å². The summed E-state index contributed by atoms with van der Waals surface area (Å²) in [6.45, 7) is 0. The van der Waals surface area contributed by atoms with E-state index >= 15 is 0 Å². The number of nitrogens with zero attached hydrogens (tertiary/aromatic N) is 1. The van der Waals surface area contributed by atoms with E-state index < -0.39 is 0 Å². The fraction of sp³-hybridized carbons (Fsp3) is 0.0556. The van der Waals surface area contributed by atoms with Crippen LogP contribution in [0.4, 0.5) is 0 Å². The molecular weight excluding hydrogens is 494 g/mol. The van der Waals surface area contributed by atoms with Gasteiger partial charge in [0.15, 0.2) is 0 Å². The fourth-order valence-corrected chi connectivity index (χ4v) is 7.71. The maximum Gasteiger partial charge on any atom is 0.128 e. The lowest BCUT2D eigenvalue weighted by molar-refractivity contribution is 0.269. The first-order valence-corrected chi connectivity index (χ1v) is 14.2. The Morgan fingerprint density at radius 1 is 0.667 bits per heavy atom. The molecule has 0 fully saturated rings. The van der Waals surface area contributed by atoms with E-state index in [1.165, 1.54) is 64.4 Å². The van der Waals surface area contributed by atoms with Crippen molar-refractivity contribution in [2.24, 2.45) is 0 Å². The quantitative estimate of drug-likeness (QED) is 0.223. The molecule has 2 aromatic heterocycles. The molecule has 0 saturated heterocycles. The first-order chi connectivity index (χ1) is 19.3. The summed E-state index contributed by atoms with van der Waals surface area (Å²) in [6, 6.07) is 39.5. The monoisotopic (exact) mass is 517 g/mol. The van der Waals surface area contributed by atoms with Gasteiger partial charge in [-0.05, 0) is 59.7 Å². The van der Waals surface area contributed by atoms with E-state index in [0.29, 0.717) is 0 Å². The average molecular weight is 518 g/mol. The molecule has 39 heavy (non-hydrogen) atoms. The summed E-state index contributed by atoms with van der Waals surface area (Å²) >= 11 is 1.87. The van der Waals surface area contributed by atoms with Crippen LogP contribution in [0.1, 0.15) is 17.0 Å². The zero-order valence-corrected chi connectivity index (χ0v) is 21.9. The molecule has 0 spiro atoms. The Kier molecular flexibility index (Phi) is 4.35. The highest BCUT2D eigenvalue weighted by Gasteiger charge is 2.33. The van der Waals surface area contributed by atoms with Crippen LogP contribution in [0.5, 0.6) is 5.75 Å². The summed E-state index contributed by atoms with van der Waals surface area (Å²) in [7, 11) is 0. The van der Waals surface area contributed by atoms with Crippen LogP contribution in [0, 0.1) is 0 Å². The van der Waals surface area contributed by atoms with Crippen LogP contribution in [0.25, 0.3) is 53.2 Å². The van der Waals surface area contributed by atoms with Gasteiger partial charge < -0.3 is 9.30 Å². The molecule has 2 atom stereocenters. The number of benzene rings is 5. The molecule has 7 aromatic rings. The predicted molar refractivity (Wildman–Crippen MR) is 164 cm³/mol. The van der Waals surface area contributed by atoms with E-state index in [-0.39, 0.29) is 12.0 Å². The summed E-state index contributed by atoms with van der Waals surface area (Å²) in [5.41, 5.74) is 7.45. The van der Waals surface area contributed by atoms with E-state index in [9.17, 15) is 0 Å². The summed E-state index contributed by atoms with van der Waals surface area (Å²) < 4.78 is 11.4. The second-order valence-electron chi connectivity index (χ2n) is 10.5. The third-order valence-electron chi connectivity index (χ3n) is 8.35. The summed E-state index contributed by atoms with van der Waals surface area (Å²) in [4.78, 5) is 0. The van der Waals surface area contributed by atoms with Gasteiger partial charge in [-0.1, -0.05) is 78.9 Å². The molecule has 184 valence electrons. The molecule has 3 heterocycles. The lowest BCUT2D eigenvalue weighted by atomic mass is 9.87. The molecular formula is C36H23NOS. The molecule has 2 aliphatic rings. The number of hydrogen-bond donors (Lipinski definition) is 0. The minimum Gasteiger partial charge on any atom is -0.485 e. The SMILES string of the molecule is C1=CC2c3ccccc3OC2C=C1c1ccc2sc3cccc(-n4c5ccccc5c5ccccc54)c3c2c1. The number of rotatable bonds is 2. The van der Waals surface area contributed by atoms with Crippen molar-refractivity contribution in [1.29, 1.82) is 0 Å². The number of fused-ring (bicyclic) bond motifs is 9. The van der Waals surface area contributed by atoms with Gasteiger partial charge in [0.2, 0.25) is 0 Å². The zero-order valence-electron chi connectivity index (χ0n) is 21.0. The van der Waals surface area contributed by atoms with Crippen LogP contribution in [0.3, 0.4) is 0 Å². The average Bonchev–Trinajstić information content (AvgIpc) is 3.66. The normalized spacial score (nSPS) is 18.0. The van der Waals surface area contributed by atoms with Crippen molar-refractivity contribution in [1.82, 2.24) is 4.57 Å². The van der Waals surface area contributed by atoms with Crippen molar-refractivity contribution in [3.05, 3.63) is 139 Å². The molecule has 1 aliphatic heterocycles. The van der Waals surface area contributed by atoms with Crippen LogP contribution in [0.2, 0.25) is 0 Å². The van der Waals surface area contributed by atoms with Gasteiger partial charge in [0.25, 0.3) is 0 Å². The first kappa shape index (κ1) is 21.3. The van der Waals surface area contributed by atoms with Gasteiger partial charge in [0.05, 0.1) is 16.7 Å². The highest BCUT2D eigenvalue weighted by molar-refractivity contribution is 7.25. The van der Waals surface area contributed by atoms with Gasteiger partial charge in [0, 0.05) is 42.4 Å². The number of hydrogen-bond acceptors (Lipinski definition) is 2. The first-order valence-electron chi connectivity index (χ1n) is 13.4. The van der Waals surface area contributed by atoms with Crippen LogP contribution in [-0.4, -0.2) is 10.7 Å². The largest absolute Gasteiger partial charge is 0.485 e. The van der Waals surface area contributed by atoms with E-state index in [4.69, 9.17) is 4.74 Å². The lowest BCUT2D eigenvalue weighted by Gasteiger charge is -2.19. The predicted octanol–water partition coefficient (Wildman–Crippen LogP) is 9.65. The third-order valence-corrected chi connectivity index (χ3v) is 9.49. The molecule has 1 aliphatic carbocycles. The van der Waals surface area contributed by atoms with Crippen molar-refractivity contribution in [2.45, 2.75) is 12.0 Å². The van der Waals surface area contributed by atoms with E-state index in [0.717, 1.165) is 5.75 Å². The number of para-hydroxylation sites is 3. The Morgan fingerprint density at radius 3 is 2.28 bits per heavy atom. The molecule has 0 saturated carbocycles. The molecule has 0 radical (unpaired) electrons. The fourth-order valence-electron chi connectivity index (χ4n) is 6.60. The smallest absolute Gasteiger partial charge is 0.128 e. The minimum atomic E-state index is 0.0467. The molecule has 2 nitrogen and oxygen atoms in total. The summed E-state index contributed by atoms with van der Waals surface area (Å²) in [6.07, 6.45) is 6.93. The molecule has 3 heteroatoms. The zero-order chi connectivity index (χ0) is 25.5. The topological polar surface area (TPSA) is 14.2 Å². The summed E-state index contributed by atoms with van der Waals surface area (Å²) in [5.74, 6) is 1.29. The Bertz CT molecular complexity index is 2120. The van der Waals surface area contributed by atoms with Gasteiger partial charge in [0.1, 0.15) is 11.9 Å². The molecule has 0 N–H and O–H groups in total. The highest BCUT2D eigenvalue weighted by atomic mass is 32.1. The standard InChI is InChI=1S/C36H23NOS/c1-4-11-29-24(8-1)25-9-2-5-12-30(25)37(29)31-13-7-15-35-36(31)28-20-22(17-19-34(28)39-35)23-16-18-27-26-10-3-6-14-32(26)38-33(27)21-23/h1-21,27,33H. The molecule has 2 unspecified atom stereocenters.